The number of azo groups is 2. The quantitative estimate of drug-likeness (QED) is 0.316. The number of hydrazone groups is 1. The normalized spacial score (nSPS) is 13.7. The summed E-state index contributed by atoms with van der Waals surface area (Å²) in [6, 6.07) is 23.9. The zero-order chi connectivity index (χ0) is 19.5. The van der Waals surface area contributed by atoms with Crippen molar-refractivity contribution >= 4 is 38.8 Å². The molecule has 1 aliphatic heterocycles. The van der Waals surface area contributed by atoms with Crippen LogP contribution in [0.15, 0.2) is 93.6 Å². The lowest BCUT2D eigenvalue weighted by Gasteiger charge is -2.20. The number of nitrogens with zero attached hydrogens (tertiary/aromatic N) is 5. The highest BCUT2D eigenvalue weighted by atomic mass is 79.9. The van der Waals surface area contributed by atoms with E-state index in [1.54, 1.807) is 12.1 Å². The fourth-order valence-corrected chi connectivity index (χ4v) is 3.04. The molecule has 8 heteroatoms. The first-order valence-corrected chi connectivity index (χ1v) is 9.30. The molecule has 28 heavy (non-hydrogen) atoms. The lowest BCUT2D eigenvalue weighted by Crippen LogP contribution is -2.31. The van der Waals surface area contributed by atoms with E-state index in [4.69, 9.17) is 0 Å². The largest absolute Gasteiger partial charge is 0.269 e. The minimum Gasteiger partial charge on any atom is -0.258 e. The van der Waals surface area contributed by atoms with E-state index in [-0.39, 0.29) is 5.69 Å². The number of hydrogen-bond acceptors (Lipinski definition) is 5. The van der Waals surface area contributed by atoms with Crippen molar-refractivity contribution in [2.45, 2.75) is 0 Å². The molecular formula is C20H15BrN5O2+. The summed E-state index contributed by atoms with van der Waals surface area (Å²) in [6.07, 6.45) is 0. The number of para-hydroxylation sites is 1. The molecule has 0 aliphatic carbocycles. The van der Waals surface area contributed by atoms with Gasteiger partial charge >= 0.3 is 0 Å². The lowest BCUT2D eigenvalue weighted by molar-refractivity contribution is -0.508. The molecular weight excluding hydrogens is 422 g/mol. The van der Waals surface area contributed by atoms with Gasteiger partial charge in [0.1, 0.15) is 0 Å². The molecule has 1 heterocycles. The second-order valence-corrected chi connectivity index (χ2v) is 7.00. The number of non-ortho nitro benzene ring substituents is 1. The van der Waals surface area contributed by atoms with Crippen LogP contribution in [0.4, 0.5) is 17.1 Å². The maximum Gasteiger partial charge on any atom is 0.269 e. The standard InChI is InChI=1S/C20H15BrN5O2/c21-16-8-12-18(13-9-16)25-14-24(17-4-2-1-3-5-17)22-20(23-25)15-6-10-19(11-7-15)26(27)28/h1-13H,14H2/q+1. The smallest absolute Gasteiger partial charge is 0.258 e. The highest BCUT2D eigenvalue weighted by molar-refractivity contribution is 9.10. The minimum atomic E-state index is -0.423. The molecule has 0 saturated carbocycles. The SMILES string of the molecule is O=[N+]([O-])c1ccc(C2=NN(c3ccccc3)C[N+](c3ccc(Br)cc3)=N2)cc1. The first-order chi connectivity index (χ1) is 13.6. The summed E-state index contributed by atoms with van der Waals surface area (Å²) in [5.74, 6) is 0.480. The summed E-state index contributed by atoms with van der Waals surface area (Å²) in [7, 11) is 0. The Labute approximate surface area is 169 Å². The Bertz CT molecular complexity index is 1060. The molecule has 3 aromatic rings. The van der Waals surface area contributed by atoms with Crippen LogP contribution in [-0.4, -0.2) is 22.1 Å². The molecule has 0 amide bonds. The third-order valence-corrected chi connectivity index (χ3v) is 4.74. The van der Waals surface area contributed by atoms with Gasteiger partial charge in [-0.15, -0.1) is 5.10 Å². The van der Waals surface area contributed by atoms with E-state index in [9.17, 15) is 10.1 Å². The van der Waals surface area contributed by atoms with Crippen LogP contribution in [0.1, 0.15) is 5.56 Å². The van der Waals surface area contributed by atoms with Gasteiger partial charge in [0.05, 0.1) is 10.6 Å². The first-order valence-electron chi connectivity index (χ1n) is 8.51. The zero-order valence-electron chi connectivity index (χ0n) is 14.6. The Morgan fingerprint density at radius 1 is 0.964 bits per heavy atom. The summed E-state index contributed by atoms with van der Waals surface area (Å²) in [5, 5.41) is 22.1. The number of halogens is 1. The molecule has 0 atom stereocenters. The number of hydrogen-bond donors (Lipinski definition) is 0. The van der Waals surface area contributed by atoms with E-state index >= 15 is 0 Å². The van der Waals surface area contributed by atoms with Gasteiger partial charge in [0.15, 0.2) is 0 Å². The van der Waals surface area contributed by atoms with Crippen LogP contribution in [-0.2, 0) is 0 Å². The molecule has 3 aromatic carbocycles. The van der Waals surface area contributed by atoms with E-state index in [2.05, 4.69) is 26.1 Å². The predicted octanol–water partition coefficient (Wildman–Crippen LogP) is 5.29. The second-order valence-electron chi connectivity index (χ2n) is 6.08. The average molecular weight is 437 g/mol. The predicted molar refractivity (Wildman–Crippen MR) is 110 cm³/mol. The van der Waals surface area contributed by atoms with Crippen molar-refractivity contribution in [2.75, 3.05) is 11.7 Å². The van der Waals surface area contributed by atoms with Crippen LogP contribution in [0.5, 0.6) is 0 Å². The Morgan fingerprint density at radius 3 is 2.29 bits per heavy atom. The van der Waals surface area contributed by atoms with Crippen molar-refractivity contribution in [2.24, 2.45) is 10.2 Å². The molecule has 4 rings (SSSR count). The van der Waals surface area contributed by atoms with Gasteiger partial charge in [0, 0.05) is 39.4 Å². The molecule has 0 saturated heterocycles. The Morgan fingerprint density at radius 2 is 1.64 bits per heavy atom. The fraction of sp³-hybridized carbons (Fsp3) is 0.0500. The third-order valence-electron chi connectivity index (χ3n) is 4.21. The molecule has 0 aromatic heterocycles. The summed E-state index contributed by atoms with van der Waals surface area (Å²) in [6.45, 7) is 0.447. The van der Waals surface area contributed by atoms with Crippen molar-refractivity contribution in [1.82, 2.24) is 0 Å². The van der Waals surface area contributed by atoms with Crippen molar-refractivity contribution in [3.8, 4) is 0 Å². The van der Waals surface area contributed by atoms with Gasteiger partial charge in [-0.3, -0.25) is 10.1 Å². The van der Waals surface area contributed by atoms with Gasteiger partial charge in [0.2, 0.25) is 11.5 Å². The molecule has 0 N–H and O–H groups in total. The monoisotopic (exact) mass is 436 g/mol. The van der Waals surface area contributed by atoms with E-state index in [0.717, 1.165) is 15.8 Å². The average Bonchev–Trinajstić information content (AvgIpc) is 2.74. The maximum absolute atomic E-state index is 10.9. The summed E-state index contributed by atoms with van der Waals surface area (Å²) >= 11 is 3.45. The van der Waals surface area contributed by atoms with Crippen molar-refractivity contribution in [1.29, 1.82) is 0 Å². The van der Waals surface area contributed by atoms with E-state index in [0.29, 0.717) is 18.1 Å². The van der Waals surface area contributed by atoms with Crippen LogP contribution < -0.4 is 5.01 Å². The van der Waals surface area contributed by atoms with Gasteiger partial charge < -0.3 is 0 Å². The maximum atomic E-state index is 10.9. The Hall–Kier alpha value is -3.39. The number of anilines is 1. The van der Waals surface area contributed by atoms with Crippen molar-refractivity contribution in [3.63, 3.8) is 0 Å². The summed E-state index contributed by atoms with van der Waals surface area (Å²) in [5.41, 5.74) is 2.58. The van der Waals surface area contributed by atoms with Crippen molar-refractivity contribution < 1.29 is 9.62 Å². The highest BCUT2D eigenvalue weighted by Crippen LogP contribution is 2.24. The number of benzene rings is 3. The minimum absolute atomic E-state index is 0.0323. The molecule has 0 bridgehead atoms. The Kier molecular flexibility index (Phi) is 4.94. The Balaban J connectivity index is 1.76. The van der Waals surface area contributed by atoms with Gasteiger partial charge in [0.25, 0.3) is 12.4 Å². The topological polar surface area (TPSA) is 74.1 Å². The molecule has 0 radical (unpaired) electrons. The molecule has 7 nitrogen and oxygen atoms in total. The molecule has 1 aliphatic rings. The second kappa shape index (κ2) is 7.69. The first kappa shape index (κ1) is 18.0. The molecule has 0 spiro atoms. The summed E-state index contributed by atoms with van der Waals surface area (Å²) < 4.78 is 2.83. The number of rotatable bonds is 4. The molecule has 0 fully saturated rings. The number of nitro benzene ring substituents is 1. The van der Waals surface area contributed by atoms with Crippen LogP contribution in [0.3, 0.4) is 0 Å². The van der Waals surface area contributed by atoms with E-state index in [1.165, 1.54) is 12.1 Å². The zero-order valence-corrected chi connectivity index (χ0v) is 16.2. The number of nitro groups is 1. The van der Waals surface area contributed by atoms with E-state index < -0.39 is 4.92 Å². The van der Waals surface area contributed by atoms with Gasteiger partial charge in [-0.1, -0.05) is 38.8 Å². The van der Waals surface area contributed by atoms with Gasteiger partial charge in [-0.2, -0.15) is 0 Å². The van der Waals surface area contributed by atoms with Crippen LogP contribution in [0.2, 0.25) is 0 Å². The van der Waals surface area contributed by atoms with Crippen molar-refractivity contribution in [3.05, 3.63) is 99.0 Å². The lowest BCUT2D eigenvalue weighted by atomic mass is 10.2. The van der Waals surface area contributed by atoms with Crippen LogP contribution in [0.25, 0.3) is 0 Å². The highest BCUT2D eigenvalue weighted by Gasteiger charge is 2.25. The number of amidine groups is 1. The van der Waals surface area contributed by atoms with Crippen LogP contribution in [0, 0.1) is 10.1 Å². The summed E-state index contributed by atoms with van der Waals surface area (Å²) in [4.78, 5) is 10.5. The van der Waals surface area contributed by atoms with Crippen LogP contribution >= 0.6 is 15.9 Å². The third kappa shape index (κ3) is 3.81. The van der Waals surface area contributed by atoms with E-state index in [1.807, 2.05) is 64.3 Å². The van der Waals surface area contributed by atoms with Gasteiger partial charge in [-0.05, 0) is 36.4 Å². The molecule has 138 valence electrons. The molecule has 0 unspecified atom stereocenters. The van der Waals surface area contributed by atoms with Gasteiger partial charge in [-0.25, -0.2) is 5.01 Å². The fourth-order valence-electron chi connectivity index (χ4n) is 2.78.